The fraction of sp³-hybridized carbons (Fsp3) is 0.333. The lowest BCUT2D eigenvalue weighted by molar-refractivity contribution is 0.689. The molecule has 0 N–H and O–H groups in total. The van der Waals surface area contributed by atoms with Gasteiger partial charge < -0.3 is 0 Å². The molecule has 4 rings (SSSR count). The van der Waals surface area contributed by atoms with E-state index in [4.69, 9.17) is 0 Å². The van der Waals surface area contributed by atoms with Crippen LogP contribution in [0.15, 0.2) is 33.9 Å². The molecule has 8 heteroatoms. The highest BCUT2D eigenvalue weighted by atomic mass is 16.2. The predicted molar refractivity (Wildman–Crippen MR) is 112 cm³/mol. The highest BCUT2D eigenvalue weighted by Gasteiger charge is 2.22. The first-order chi connectivity index (χ1) is 13.7. The largest absolute Gasteiger partial charge is 0.332 e. The minimum absolute atomic E-state index is 0.353. The van der Waals surface area contributed by atoms with Crippen molar-refractivity contribution in [3.63, 3.8) is 0 Å². The van der Waals surface area contributed by atoms with Gasteiger partial charge in [-0.1, -0.05) is 23.8 Å². The van der Waals surface area contributed by atoms with Crippen molar-refractivity contribution < 1.29 is 0 Å². The van der Waals surface area contributed by atoms with Crippen LogP contribution in [-0.2, 0) is 20.6 Å². The number of rotatable bonds is 3. The van der Waals surface area contributed by atoms with Gasteiger partial charge in [0.25, 0.3) is 5.56 Å². The second-order valence-electron chi connectivity index (χ2n) is 7.64. The maximum absolute atomic E-state index is 13.1. The number of hydrogen-bond acceptors (Lipinski definition) is 4. The van der Waals surface area contributed by atoms with E-state index in [0.29, 0.717) is 23.7 Å². The summed E-state index contributed by atoms with van der Waals surface area (Å²) in [6, 6.07) is 8.20. The molecular formula is C21H24N6O2. The standard InChI is InChI=1S/C21H24N6O2/c1-12-7-8-13(2)16(9-12)11-26-17-18(24(5)21(29)25(6)19(17)28)22-20(26)27-15(4)10-14(3)23-27/h7-10H,11H2,1-6H3. The number of aryl methyl sites for hydroxylation is 5. The number of benzene rings is 1. The van der Waals surface area contributed by atoms with E-state index in [1.54, 1.807) is 11.7 Å². The van der Waals surface area contributed by atoms with Crippen molar-refractivity contribution >= 4 is 11.2 Å². The molecule has 4 aromatic rings. The summed E-state index contributed by atoms with van der Waals surface area (Å²) in [4.78, 5) is 30.2. The Morgan fingerprint density at radius 1 is 0.966 bits per heavy atom. The zero-order chi connectivity index (χ0) is 21.0. The van der Waals surface area contributed by atoms with Gasteiger partial charge in [0.15, 0.2) is 11.2 Å². The topological polar surface area (TPSA) is 79.6 Å². The van der Waals surface area contributed by atoms with Crippen molar-refractivity contribution in [2.45, 2.75) is 34.2 Å². The van der Waals surface area contributed by atoms with Gasteiger partial charge in [0.1, 0.15) is 0 Å². The minimum Gasteiger partial charge on any atom is -0.298 e. The van der Waals surface area contributed by atoms with E-state index < -0.39 is 5.69 Å². The first-order valence-corrected chi connectivity index (χ1v) is 9.45. The minimum atomic E-state index is -0.404. The van der Waals surface area contributed by atoms with Gasteiger partial charge in [0.2, 0.25) is 5.95 Å². The normalized spacial score (nSPS) is 11.5. The molecule has 0 saturated carbocycles. The quantitative estimate of drug-likeness (QED) is 0.533. The molecule has 29 heavy (non-hydrogen) atoms. The first-order valence-electron chi connectivity index (χ1n) is 9.45. The highest BCUT2D eigenvalue weighted by molar-refractivity contribution is 5.73. The molecule has 3 heterocycles. The summed E-state index contributed by atoms with van der Waals surface area (Å²) in [5, 5.41) is 4.56. The third-order valence-electron chi connectivity index (χ3n) is 5.36. The molecule has 0 unspecified atom stereocenters. The lowest BCUT2D eigenvalue weighted by Gasteiger charge is -2.13. The Balaban J connectivity index is 2.11. The first kappa shape index (κ1) is 18.9. The summed E-state index contributed by atoms with van der Waals surface area (Å²) < 4.78 is 6.11. The van der Waals surface area contributed by atoms with Crippen molar-refractivity contribution in [1.29, 1.82) is 0 Å². The van der Waals surface area contributed by atoms with Crippen LogP contribution in [0.25, 0.3) is 17.1 Å². The molecule has 0 spiro atoms. The molecular weight excluding hydrogens is 368 g/mol. The van der Waals surface area contributed by atoms with E-state index >= 15 is 0 Å². The third-order valence-corrected chi connectivity index (χ3v) is 5.36. The van der Waals surface area contributed by atoms with Crippen LogP contribution in [0.5, 0.6) is 0 Å². The molecule has 0 aliphatic carbocycles. The average Bonchev–Trinajstić information content (AvgIpc) is 3.20. The summed E-state index contributed by atoms with van der Waals surface area (Å²) in [5.41, 5.74) is 5.08. The summed E-state index contributed by atoms with van der Waals surface area (Å²) in [6.45, 7) is 8.39. The van der Waals surface area contributed by atoms with Crippen LogP contribution in [-0.4, -0.2) is 28.5 Å². The van der Waals surface area contributed by atoms with Crippen molar-refractivity contribution in [1.82, 2.24) is 28.5 Å². The smallest absolute Gasteiger partial charge is 0.298 e. The van der Waals surface area contributed by atoms with Crippen molar-refractivity contribution in [2.24, 2.45) is 14.1 Å². The second kappa shape index (κ2) is 6.58. The van der Waals surface area contributed by atoms with E-state index in [-0.39, 0.29) is 5.56 Å². The SMILES string of the molecule is Cc1ccc(C)c(Cn2c(-n3nc(C)cc3C)nc3c2c(=O)n(C)c(=O)n3C)c1. The zero-order valence-corrected chi connectivity index (χ0v) is 17.5. The molecule has 3 aromatic heterocycles. The summed E-state index contributed by atoms with van der Waals surface area (Å²) in [7, 11) is 3.12. The molecule has 0 bridgehead atoms. The number of hydrogen-bond donors (Lipinski definition) is 0. The number of fused-ring (bicyclic) bond motifs is 1. The van der Waals surface area contributed by atoms with E-state index in [1.165, 1.54) is 11.6 Å². The Morgan fingerprint density at radius 2 is 1.69 bits per heavy atom. The molecule has 0 fully saturated rings. The third kappa shape index (κ3) is 2.91. The molecule has 1 aromatic carbocycles. The lowest BCUT2D eigenvalue weighted by Crippen LogP contribution is -2.37. The Kier molecular flexibility index (Phi) is 4.29. The van der Waals surface area contributed by atoms with E-state index in [9.17, 15) is 9.59 Å². The van der Waals surface area contributed by atoms with Crippen LogP contribution in [0.2, 0.25) is 0 Å². The molecule has 150 valence electrons. The molecule has 0 saturated heterocycles. The Hall–Kier alpha value is -3.42. The lowest BCUT2D eigenvalue weighted by atomic mass is 10.1. The average molecular weight is 392 g/mol. The highest BCUT2D eigenvalue weighted by Crippen LogP contribution is 2.21. The molecule has 0 aliphatic heterocycles. The van der Waals surface area contributed by atoms with Gasteiger partial charge in [0, 0.05) is 19.8 Å². The second-order valence-corrected chi connectivity index (χ2v) is 7.64. The van der Waals surface area contributed by atoms with Gasteiger partial charge in [-0.25, -0.2) is 9.48 Å². The van der Waals surface area contributed by atoms with Gasteiger partial charge in [0.05, 0.1) is 12.2 Å². The Morgan fingerprint density at radius 3 is 2.34 bits per heavy atom. The number of imidazole rings is 1. The molecule has 0 amide bonds. The van der Waals surface area contributed by atoms with Gasteiger partial charge in [-0.2, -0.15) is 10.1 Å². The van der Waals surface area contributed by atoms with Crippen molar-refractivity contribution in [3.05, 3.63) is 73.2 Å². The van der Waals surface area contributed by atoms with Gasteiger partial charge in [-0.3, -0.25) is 18.5 Å². The Bertz CT molecular complexity index is 1380. The van der Waals surface area contributed by atoms with Crippen LogP contribution in [0.3, 0.4) is 0 Å². The summed E-state index contributed by atoms with van der Waals surface area (Å²) >= 11 is 0. The van der Waals surface area contributed by atoms with Crippen LogP contribution < -0.4 is 11.2 Å². The monoisotopic (exact) mass is 392 g/mol. The molecule has 0 radical (unpaired) electrons. The molecule has 8 nitrogen and oxygen atoms in total. The predicted octanol–water partition coefficient (Wildman–Crippen LogP) is 1.90. The maximum atomic E-state index is 13.1. The maximum Gasteiger partial charge on any atom is 0.332 e. The fourth-order valence-corrected chi connectivity index (χ4v) is 3.72. The molecule has 0 aliphatic rings. The summed E-state index contributed by atoms with van der Waals surface area (Å²) in [6.07, 6.45) is 0. The van der Waals surface area contributed by atoms with Crippen LogP contribution in [0.4, 0.5) is 0 Å². The van der Waals surface area contributed by atoms with Crippen LogP contribution in [0, 0.1) is 27.7 Å². The van der Waals surface area contributed by atoms with E-state index in [0.717, 1.165) is 32.6 Å². The van der Waals surface area contributed by atoms with Crippen LogP contribution >= 0.6 is 0 Å². The summed E-state index contributed by atoms with van der Waals surface area (Å²) in [5.74, 6) is 0.518. The Labute approximate surface area is 167 Å². The number of aromatic nitrogens is 6. The van der Waals surface area contributed by atoms with Crippen LogP contribution in [0.1, 0.15) is 28.1 Å². The fourth-order valence-electron chi connectivity index (χ4n) is 3.72. The van der Waals surface area contributed by atoms with Crippen molar-refractivity contribution in [2.75, 3.05) is 0 Å². The van der Waals surface area contributed by atoms with E-state index in [2.05, 4.69) is 28.3 Å². The van der Waals surface area contributed by atoms with Gasteiger partial charge >= 0.3 is 5.69 Å². The van der Waals surface area contributed by atoms with Gasteiger partial charge in [-0.05, 0) is 44.9 Å². The van der Waals surface area contributed by atoms with Gasteiger partial charge in [-0.15, -0.1) is 0 Å². The number of nitrogens with zero attached hydrogens (tertiary/aromatic N) is 6. The molecule has 0 atom stereocenters. The zero-order valence-electron chi connectivity index (χ0n) is 17.5. The van der Waals surface area contributed by atoms with Crippen molar-refractivity contribution in [3.8, 4) is 5.95 Å². The van der Waals surface area contributed by atoms with E-state index in [1.807, 2.05) is 38.3 Å².